The van der Waals surface area contributed by atoms with Crippen LogP contribution in [-0.2, 0) is 16.0 Å². The Bertz CT molecular complexity index is 1420. The zero-order valence-electron chi connectivity index (χ0n) is 23.4. The Morgan fingerprint density at radius 3 is 2.41 bits per heavy atom. The molecule has 0 bridgehead atoms. The molecule has 3 aromatic rings. The van der Waals surface area contributed by atoms with Crippen LogP contribution in [0.1, 0.15) is 31.2 Å². The molecule has 1 aliphatic rings. The highest BCUT2D eigenvalue weighted by atomic mass is 16.6. The molecule has 1 saturated heterocycles. The highest BCUT2D eigenvalue weighted by molar-refractivity contribution is 5.82. The van der Waals surface area contributed by atoms with E-state index in [9.17, 15) is 14.7 Å². The number of hydrogen-bond acceptors (Lipinski definition) is 7. The molecule has 9 heteroatoms. The van der Waals surface area contributed by atoms with Gasteiger partial charge < -0.3 is 23.7 Å². The van der Waals surface area contributed by atoms with E-state index < -0.39 is 24.1 Å². The lowest BCUT2D eigenvalue weighted by molar-refractivity contribution is -0.141. The molecule has 1 N–H and O–H groups in total. The topological polar surface area (TPSA) is 111 Å². The first-order valence-corrected chi connectivity index (χ1v) is 13.4. The number of nitrogens with zero attached hydrogens (tertiary/aromatic N) is 2. The van der Waals surface area contributed by atoms with Gasteiger partial charge in [-0.25, -0.2) is 14.6 Å². The summed E-state index contributed by atoms with van der Waals surface area (Å²) in [7, 11) is 1.54. The first-order valence-electron chi connectivity index (χ1n) is 13.4. The van der Waals surface area contributed by atoms with Gasteiger partial charge in [0.05, 0.1) is 25.5 Å². The van der Waals surface area contributed by atoms with Gasteiger partial charge in [0.25, 0.3) is 0 Å². The molecule has 0 radical (unpaired) electrons. The first kappa shape index (κ1) is 29.2. The summed E-state index contributed by atoms with van der Waals surface area (Å²) in [5.74, 6) is 1.74. The van der Waals surface area contributed by atoms with Gasteiger partial charge in [0.2, 0.25) is 5.89 Å². The number of allylic oxidation sites excluding steroid dienone is 2. The van der Waals surface area contributed by atoms with Gasteiger partial charge in [-0.1, -0.05) is 30.9 Å². The number of carbonyl (C=O) groups is 2. The molecule has 9 nitrogen and oxygen atoms in total. The monoisotopic (exact) mass is 558 g/mol. The van der Waals surface area contributed by atoms with E-state index in [-0.39, 0.29) is 5.75 Å². The van der Waals surface area contributed by atoms with E-state index in [0.717, 1.165) is 17.0 Å². The molecule has 1 amide bonds. The summed E-state index contributed by atoms with van der Waals surface area (Å²) in [4.78, 5) is 30.9. The number of methoxy groups -OCH3 is 1. The predicted octanol–water partition coefficient (Wildman–Crippen LogP) is 6.35. The van der Waals surface area contributed by atoms with E-state index in [1.165, 1.54) is 12.0 Å². The number of ether oxygens (including phenoxy) is 3. The number of carboxylic acid groups (broad SMARTS) is 1. The molecule has 0 aliphatic carbocycles. The predicted molar refractivity (Wildman–Crippen MR) is 154 cm³/mol. The Morgan fingerprint density at radius 1 is 1.07 bits per heavy atom. The van der Waals surface area contributed by atoms with Crippen molar-refractivity contribution in [1.29, 1.82) is 0 Å². The van der Waals surface area contributed by atoms with Crippen LogP contribution in [0.2, 0.25) is 0 Å². The van der Waals surface area contributed by atoms with Gasteiger partial charge in [0.1, 0.15) is 29.1 Å². The van der Waals surface area contributed by atoms with Gasteiger partial charge >= 0.3 is 12.1 Å². The lowest BCUT2D eigenvalue weighted by atomic mass is 10.1. The van der Waals surface area contributed by atoms with Gasteiger partial charge in [0.15, 0.2) is 0 Å². The van der Waals surface area contributed by atoms with Crippen molar-refractivity contribution in [3.05, 3.63) is 102 Å². The number of amides is 1. The van der Waals surface area contributed by atoms with Crippen LogP contribution in [0.25, 0.3) is 11.5 Å². The Labute approximate surface area is 239 Å². The Kier molecular flexibility index (Phi) is 9.63. The largest absolute Gasteiger partial charge is 0.497 e. The van der Waals surface area contributed by atoms with Crippen LogP contribution in [0, 0.1) is 6.92 Å². The van der Waals surface area contributed by atoms with Crippen LogP contribution in [0.5, 0.6) is 11.5 Å². The molecule has 214 valence electrons. The average Bonchev–Trinajstić information content (AvgIpc) is 3.60. The third-order valence-electron chi connectivity index (χ3n) is 6.84. The van der Waals surface area contributed by atoms with E-state index in [1.54, 1.807) is 36.4 Å². The number of hydrogen-bond donors (Lipinski definition) is 1. The maximum atomic E-state index is 13.1. The lowest BCUT2D eigenvalue weighted by Crippen LogP contribution is -2.46. The Hall–Kier alpha value is -4.79. The second-order valence-electron chi connectivity index (χ2n) is 9.48. The van der Waals surface area contributed by atoms with E-state index in [4.69, 9.17) is 18.6 Å². The number of carbonyl (C=O) groups excluding carboxylic acids is 1. The molecule has 2 atom stereocenters. The molecule has 0 spiro atoms. The van der Waals surface area contributed by atoms with Crippen molar-refractivity contribution in [2.24, 2.45) is 0 Å². The summed E-state index contributed by atoms with van der Waals surface area (Å²) < 4.78 is 22.4. The second kappa shape index (κ2) is 13.5. The number of aliphatic carboxylic acids is 1. The minimum absolute atomic E-state index is 0.287. The molecule has 41 heavy (non-hydrogen) atoms. The van der Waals surface area contributed by atoms with Gasteiger partial charge in [-0.3, -0.25) is 4.90 Å². The fourth-order valence-corrected chi connectivity index (χ4v) is 4.63. The van der Waals surface area contributed by atoms with Crippen molar-refractivity contribution in [2.75, 3.05) is 13.7 Å². The molecule has 4 rings (SSSR count). The Balaban J connectivity index is 1.36. The quantitative estimate of drug-likeness (QED) is 0.214. The summed E-state index contributed by atoms with van der Waals surface area (Å²) in [6.07, 6.45) is 5.86. The van der Waals surface area contributed by atoms with Crippen molar-refractivity contribution in [1.82, 2.24) is 9.88 Å². The minimum atomic E-state index is -1.09. The van der Waals surface area contributed by atoms with Crippen molar-refractivity contribution in [2.45, 2.75) is 45.2 Å². The molecular weight excluding hydrogens is 524 g/mol. The number of rotatable bonds is 11. The molecule has 0 unspecified atom stereocenters. The number of aromatic nitrogens is 1. The zero-order valence-corrected chi connectivity index (χ0v) is 23.4. The number of oxazole rings is 1. The van der Waals surface area contributed by atoms with Gasteiger partial charge in [-0.05, 0) is 80.8 Å². The summed E-state index contributed by atoms with van der Waals surface area (Å²) in [6.45, 7) is 8.23. The smallest absolute Gasteiger partial charge is 0.416 e. The molecule has 2 aromatic carbocycles. The maximum Gasteiger partial charge on any atom is 0.416 e. The summed E-state index contributed by atoms with van der Waals surface area (Å²) >= 11 is 0. The first-order chi connectivity index (χ1) is 19.8. The lowest BCUT2D eigenvalue weighted by Gasteiger charge is -2.28. The number of aryl methyl sites for hydroxylation is 1. The molecule has 1 aliphatic heterocycles. The summed E-state index contributed by atoms with van der Waals surface area (Å²) in [5, 5.41) is 9.74. The molecular formula is C32H34N2O7. The van der Waals surface area contributed by atoms with Gasteiger partial charge in [-0.15, -0.1) is 0 Å². The molecule has 0 saturated carbocycles. The molecule has 2 heterocycles. The minimum Gasteiger partial charge on any atom is -0.497 e. The molecule has 1 fully saturated rings. The fourth-order valence-electron chi connectivity index (χ4n) is 4.63. The third kappa shape index (κ3) is 7.25. The summed E-state index contributed by atoms with van der Waals surface area (Å²) in [6, 6.07) is 14.7. The van der Waals surface area contributed by atoms with Crippen molar-refractivity contribution in [3.63, 3.8) is 0 Å². The van der Waals surface area contributed by atoms with E-state index >= 15 is 0 Å². The van der Waals surface area contributed by atoms with Gasteiger partial charge in [-0.2, -0.15) is 0 Å². The van der Waals surface area contributed by atoms with Crippen LogP contribution in [0.15, 0.2) is 95.2 Å². The van der Waals surface area contributed by atoms with E-state index in [1.807, 2.05) is 50.3 Å². The number of benzene rings is 2. The fraction of sp³-hybridized carbons (Fsp3) is 0.281. The third-order valence-corrected chi connectivity index (χ3v) is 6.84. The zero-order chi connectivity index (χ0) is 29.4. The standard InChI is InChI=1S/C32H34N2O7/c1-5-24(39-20-19-27-22(3)40-30(33-27)23-9-7-6-8-10-23)12-11-21(2)28-17-18-29(31(35)36)34(28)32(37)41-26-15-13-25(38-4)14-16-26/h5-16,28-29H,2,17-20H2,1,3-4H3,(H,35,36)/b12-11-,24-5+/t28-,29-/m1/s1. The number of likely N-dealkylation sites (tertiary alicyclic amines) is 1. The highest BCUT2D eigenvalue weighted by Crippen LogP contribution is 2.31. The van der Waals surface area contributed by atoms with E-state index in [0.29, 0.717) is 48.8 Å². The average molecular weight is 559 g/mol. The van der Waals surface area contributed by atoms with Crippen LogP contribution in [0.4, 0.5) is 4.79 Å². The van der Waals surface area contributed by atoms with Crippen molar-refractivity contribution >= 4 is 12.1 Å². The van der Waals surface area contributed by atoms with Crippen LogP contribution in [-0.4, -0.2) is 52.9 Å². The Morgan fingerprint density at radius 2 is 1.76 bits per heavy atom. The second-order valence-corrected chi connectivity index (χ2v) is 9.48. The maximum absolute atomic E-state index is 13.1. The van der Waals surface area contributed by atoms with Crippen LogP contribution < -0.4 is 9.47 Å². The van der Waals surface area contributed by atoms with Crippen molar-refractivity contribution in [3.8, 4) is 23.0 Å². The molecule has 1 aromatic heterocycles. The van der Waals surface area contributed by atoms with Crippen LogP contribution in [0.3, 0.4) is 0 Å². The normalized spacial score (nSPS) is 17.0. The highest BCUT2D eigenvalue weighted by Gasteiger charge is 2.42. The van der Waals surface area contributed by atoms with Crippen molar-refractivity contribution < 1.29 is 33.3 Å². The van der Waals surface area contributed by atoms with Crippen LogP contribution >= 0.6 is 0 Å². The summed E-state index contributed by atoms with van der Waals surface area (Å²) in [5.41, 5.74) is 2.31. The number of carboxylic acids is 1. The van der Waals surface area contributed by atoms with E-state index in [2.05, 4.69) is 11.6 Å². The SMILES string of the molecule is C=C(/C=C\C(=C/C)OCCc1nc(-c2ccccc2)oc1C)[C@H]1CC[C@H](C(=O)O)N1C(=O)Oc1ccc(OC)cc1. The van der Waals surface area contributed by atoms with Gasteiger partial charge in [0, 0.05) is 12.0 Å².